The van der Waals surface area contributed by atoms with Crippen molar-refractivity contribution in [2.24, 2.45) is 5.41 Å². The molecule has 0 saturated carbocycles. The quantitative estimate of drug-likeness (QED) is 0.609. The summed E-state index contributed by atoms with van der Waals surface area (Å²) >= 11 is 0. The molecule has 1 unspecified atom stereocenters. The van der Waals surface area contributed by atoms with Crippen molar-refractivity contribution in [3.63, 3.8) is 0 Å². The summed E-state index contributed by atoms with van der Waals surface area (Å²) in [5.74, 6) is 0.275. The van der Waals surface area contributed by atoms with Crippen LogP contribution in [0.2, 0.25) is 0 Å². The first-order valence-corrected chi connectivity index (χ1v) is 9.81. The number of aliphatic hydroxyl groups is 2. The lowest BCUT2D eigenvalue weighted by Gasteiger charge is -2.26. The van der Waals surface area contributed by atoms with Crippen molar-refractivity contribution in [3.8, 4) is 0 Å². The minimum absolute atomic E-state index is 0.275. The van der Waals surface area contributed by atoms with Crippen LogP contribution in [0.25, 0.3) is 11.2 Å². The third kappa shape index (κ3) is 2.87. The molecule has 5 heterocycles. The van der Waals surface area contributed by atoms with E-state index in [2.05, 4.69) is 31.8 Å². The van der Waals surface area contributed by atoms with E-state index in [-0.39, 0.29) is 5.82 Å². The molecule has 3 fully saturated rings. The van der Waals surface area contributed by atoms with Gasteiger partial charge in [0, 0.05) is 19.6 Å². The minimum atomic E-state index is -1.06. The summed E-state index contributed by atoms with van der Waals surface area (Å²) in [7, 11) is 2.17. The molecule has 10 nitrogen and oxygen atoms in total. The van der Waals surface area contributed by atoms with Crippen molar-refractivity contribution >= 4 is 17.0 Å². The predicted molar refractivity (Wildman–Crippen MR) is 101 cm³/mol. The Morgan fingerprint density at radius 3 is 2.79 bits per heavy atom. The van der Waals surface area contributed by atoms with Crippen molar-refractivity contribution in [1.82, 2.24) is 29.3 Å². The summed E-state index contributed by atoms with van der Waals surface area (Å²) < 4.78 is 7.71. The lowest BCUT2D eigenvalue weighted by atomic mass is 9.86. The number of likely N-dealkylation sites (tertiary alicyclic amines) is 2. The van der Waals surface area contributed by atoms with Gasteiger partial charge in [-0.15, -0.1) is 0 Å². The third-order valence-corrected chi connectivity index (χ3v) is 6.58. The molecule has 2 aromatic heterocycles. The molecule has 4 N–H and O–H groups in total. The maximum absolute atomic E-state index is 10.6. The van der Waals surface area contributed by atoms with Crippen molar-refractivity contribution in [2.75, 3.05) is 45.5 Å². The molecule has 5 atom stereocenters. The van der Waals surface area contributed by atoms with E-state index in [1.807, 2.05) is 0 Å². The van der Waals surface area contributed by atoms with Crippen LogP contribution in [-0.4, -0.2) is 97.6 Å². The highest BCUT2D eigenvalue weighted by Gasteiger charge is 2.47. The summed E-state index contributed by atoms with van der Waals surface area (Å²) in [6.45, 7) is 4.90. The Morgan fingerprint density at radius 1 is 1.18 bits per heavy atom. The van der Waals surface area contributed by atoms with Crippen LogP contribution in [-0.2, 0) is 4.74 Å². The number of nitrogens with zero attached hydrogens (tertiary/aromatic N) is 6. The highest BCUT2D eigenvalue weighted by Crippen LogP contribution is 2.40. The van der Waals surface area contributed by atoms with E-state index < -0.39 is 24.5 Å². The first-order valence-electron chi connectivity index (χ1n) is 9.81. The summed E-state index contributed by atoms with van der Waals surface area (Å²) in [6, 6.07) is 0. The number of anilines is 1. The van der Waals surface area contributed by atoms with Crippen LogP contribution in [0.4, 0.5) is 5.82 Å². The second-order valence-corrected chi connectivity index (χ2v) is 8.60. The second-order valence-electron chi connectivity index (χ2n) is 8.60. The molecule has 3 aliphatic rings. The molecular weight excluding hydrogens is 362 g/mol. The van der Waals surface area contributed by atoms with E-state index >= 15 is 0 Å². The fourth-order valence-electron chi connectivity index (χ4n) is 5.10. The Balaban J connectivity index is 1.31. The molecule has 10 heteroatoms. The number of fused-ring (bicyclic) bond motifs is 1. The maximum atomic E-state index is 10.6. The van der Waals surface area contributed by atoms with Crippen LogP contribution >= 0.6 is 0 Å². The molecule has 2 aromatic rings. The van der Waals surface area contributed by atoms with Gasteiger partial charge in [0.25, 0.3) is 0 Å². The summed E-state index contributed by atoms with van der Waals surface area (Å²) in [5.41, 5.74) is 7.16. The Kier molecular flexibility index (Phi) is 4.29. The molecule has 1 spiro atoms. The van der Waals surface area contributed by atoms with Crippen molar-refractivity contribution in [1.29, 1.82) is 0 Å². The van der Waals surface area contributed by atoms with Gasteiger partial charge in [-0.05, 0) is 38.4 Å². The number of aromatic nitrogens is 4. The minimum Gasteiger partial charge on any atom is -0.387 e. The Morgan fingerprint density at radius 2 is 2.00 bits per heavy atom. The number of hydrogen-bond donors (Lipinski definition) is 3. The lowest BCUT2D eigenvalue weighted by Crippen LogP contribution is -2.40. The smallest absolute Gasteiger partial charge is 0.167 e. The molecule has 0 radical (unpaired) electrons. The van der Waals surface area contributed by atoms with Crippen molar-refractivity contribution in [3.05, 3.63) is 12.7 Å². The second kappa shape index (κ2) is 6.60. The number of rotatable bonds is 3. The zero-order valence-electron chi connectivity index (χ0n) is 16.0. The molecule has 0 amide bonds. The molecule has 0 aromatic carbocycles. The Labute approximate surface area is 162 Å². The zero-order valence-corrected chi connectivity index (χ0v) is 16.0. The molecule has 28 heavy (non-hydrogen) atoms. The maximum Gasteiger partial charge on any atom is 0.167 e. The number of imidazole rings is 1. The largest absolute Gasteiger partial charge is 0.387 e. The Hall–Kier alpha value is -1.85. The van der Waals surface area contributed by atoms with E-state index in [0.29, 0.717) is 23.1 Å². The SMILES string of the molecule is CN1CCC2(CCN(C[C@H]3O[C@@H](n4cnc5c(N)ncnc54)[C@H](O)[C@@H]3O)C2)C1. The van der Waals surface area contributed by atoms with Gasteiger partial charge in [0.2, 0.25) is 0 Å². The van der Waals surface area contributed by atoms with Gasteiger partial charge in [-0.25, -0.2) is 15.0 Å². The van der Waals surface area contributed by atoms with Gasteiger partial charge in [-0.3, -0.25) is 4.57 Å². The predicted octanol–water partition coefficient (Wildman–Crippen LogP) is -0.945. The molecule has 5 rings (SSSR count). The number of ether oxygens (including phenoxy) is 1. The third-order valence-electron chi connectivity index (χ3n) is 6.58. The molecule has 0 bridgehead atoms. The number of nitrogen functional groups attached to an aromatic ring is 1. The van der Waals surface area contributed by atoms with E-state index in [1.165, 1.54) is 25.5 Å². The first-order chi connectivity index (χ1) is 13.5. The van der Waals surface area contributed by atoms with E-state index in [0.717, 1.165) is 26.2 Å². The molecule has 0 aliphatic carbocycles. The fourth-order valence-corrected chi connectivity index (χ4v) is 5.10. The fraction of sp³-hybridized carbons (Fsp3) is 0.722. The average Bonchev–Trinajstić information content (AvgIpc) is 3.41. The zero-order chi connectivity index (χ0) is 19.5. The Bertz CT molecular complexity index is 876. The highest BCUT2D eigenvalue weighted by atomic mass is 16.6. The average molecular weight is 389 g/mol. The standard InChI is InChI=1S/C18H27N7O3/c1-23-4-2-18(7-23)3-5-24(8-18)6-11-13(26)14(27)17(28-11)25-10-22-12-15(19)20-9-21-16(12)25/h9-11,13-14,17,26-27H,2-8H2,1H3,(H2,19,20,21)/t11-,13-,14-,17-,18?/m1/s1. The van der Waals surface area contributed by atoms with Crippen molar-refractivity contribution in [2.45, 2.75) is 37.4 Å². The van der Waals surface area contributed by atoms with Crippen LogP contribution in [0.1, 0.15) is 19.1 Å². The first kappa shape index (κ1) is 18.2. The number of aliphatic hydroxyl groups excluding tert-OH is 2. The van der Waals surface area contributed by atoms with Crippen LogP contribution < -0.4 is 5.73 Å². The van der Waals surface area contributed by atoms with E-state index in [1.54, 1.807) is 4.57 Å². The van der Waals surface area contributed by atoms with Gasteiger partial charge in [-0.2, -0.15) is 0 Å². The summed E-state index contributed by atoms with van der Waals surface area (Å²) in [6.07, 6.45) is 2.03. The number of hydrogen-bond acceptors (Lipinski definition) is 9. The summed E-state index contributed by atoms with van der Waals surface area (Å²) in [4.78, 5) is 17.1. The van der Waals surface area contributed by atoms with Gasteiger partial charge in [0.15, 0.2) is 17.7 Å². The molecule has 3 saturated heterocycles. The molecule has 152 valence electrons. The van der Waals surface area contributed by atoms with Gasteiger partial charge in [0.1, 0.15) is 30.2 Å². The van der Waals surface area contributed by atoms with Crippen LogP contribution in [0.15, 0.2) is 12.7 Å². The monoisotopic (exact) mass is 389 g/mol. The molecular formula is C18H27N7O3. The lowest BCUT2D eigenvalue weighted by molar-refractivity contribution is -0.0430. The molecule has 3 aliphatic heterocycles. The van der Waals surface area contributed by atoms with Crippen LogP contribution in [0, 0.1) is 5.41 Å². The normalized spacial score (nSPS) is 37.0. The van der Waals surface area contributed by atoms with Gasteiger partial charge in [0.05, 0.1) is 6.33 Å². The van der Waals surface area contributed by atoms with E-state index in [4.69, 9.17) is 10.5 Å². The van der Waals surface area contributed by atoms with E-state index in [9.17, 15) is 10.2 Å². The van der Waals surface area contributed by atoms with Crippen molar-refractivity contribution < 1.29 is 14.9 Å². The summed E-state index contributed by atoms with van der Waals surface area (Å²) in [5, 5.41) is 21.2. The topological polar surface area (TPSA) is 126 Å². The van der Waals surface area contributed by atoms with Crippen LogP contribution in [0.5, 0.6) is 0 Å². The van der Waals surface area contributed by atoms with Gasteiger partial charge >= 0.3 is 0 Å². The highest BCUT2D eigenvalue weighted by molar-refractivity contribution is 5.81. The number of nitrogens with two attached hydrogens (primary N) is 1. The van der Waals surface area contributed by atoms with Crippen LogP contribution in [0.3, 0.4) is 0 Å². The van der Waals surface area contributed by atoms with Gasteiger partial charge < -0.3 is 30.5 Å². The van der Waals surface area contributed by atoms with Gasteiger partial charge in [-0.1, -0.05) is 0 Å².